The Morgan fingerprint density at radius 3 is 1.35 bits per heavy atom. The molecule has 0 spiro atoms. The van der Waals surface area contributed by atoms with Crippen LogP contribution in [0.4, 0.5) is 17.1 Å². The molecule has 336 valence electrons. The molecule has 14 rings (SSSR count). The number of nitrogens with zero attached hydrogens (tertiary/aromatic N) is 4. The number of anilines is 3. The largest absolute Gasteiger partial charge is 0.310 e. The van der Waals surface area contributed by atoms with Gasteiger partial charge in [0.25, 0.3) is 0 Å². The smallest absolute Gasteiger partial charge is 0.0542 e. The lowest BCUT2D eigenvalue weighted by Crippen LogP contribution is -2.10. The Morgan fingerprint density at radius 2 is 0.736 bits per heavy atom. The quantitative estimate of drug-likeness (QED) is 0.142. The van der Waals surface area contributed by atoms with E-state index in [2.05, 4.69) is 262 Å². The van der Waals surface area contributed by atoms with Crippen LogP contribution in [0.25, 0.3) is 115 Å². The van der Waals surface area contributed by atoms with Crippen LogP contribution in [0.2, 0.25) is 0 Å². The van der Waals surface area contributed by atoms with Crippen molar-refractivity contribution in [3.05, 3.63) is 267 Å². The monoisotopic (exact) mass is 916 g/mol. The number of benzene rings is 11. The zero-order chi connectivity index (χ0) is 47.5. The molecule has 0 saturated heterocycles. The molecule has 4 nitrogen and oxygen atoms in total. The van der Waals surface area contributed by atoms with Crippen LogP contribution in [0.5, 0.6) is 0 Å². The standard InChI is InChI=1S/C68H44N4/c1-3-11-55(12-4-1)71(58-32-34-66-63(41-58)59-15-9-10-18-65(59)72(66)56-13-5-2-6-14-56)57-31-33-62-64(42-57)68(48-25-21-46(22-26-48)50-28-30-54-44-70-38-36-52(54)40-50)61-17-8-7-16-60(61)67(62)47-23-19-45(20-24-47)49-27-29-53-43-69-37-35-51(53)39-49/h1-44H. The fraction of sp³-hybridized carbons (Fsp3) is 0. The fourth-order valence-corrected chi connectivity index (χ4v) is 11.1. The van der Waals surface area contributed by atoms with E-state index < -0.39 is 0 Å². The van der Waals surface area contributed by atoms with E-state index in [1.165, 1.54) is 93.1 Å². The van der Waals surface area contributed by atoms with E-state index in [4.69, 9.17) is 0 Å². The summed E-state index contributed by atoms with van der Waals surface area (Å²) in [5, 5.41) is 11.9. The Morgan fingerprint density at radius 1 is 0.278 bits per heavy atom. The van der Waals surface area contributed by atoms with Gasteiger partial charge in [0.05, 0.1) is 11.0 Å². The van der Waals surface area contributed by atoms with Gasteiger partial charge in [-0.25, -0.2) is 0 Å². The molecule has 0 atom stereocenters. The first-order valence-corrected chi connectivity index (χ1v) is 24.5. The van der Waals surface area contributed by atoms with Crippen LogP contribution in [0, 0.1) is 0 Å². The van der Waals surface area contributed by atoms with Crippen LogP contribution in [0.15, 0.2) is 267 Å². The number of pyridine rings is 2. The molecular formula is C68H44N4. The molecule has 0 unspecified atom stereocenters. The highest BCUT2D eigenvalue weighted by Gasteiger charge is 2.22. The summed E-state index contributed by atoms with van der Waals surface area (Å²) in [5.41, 5.74) is 16.2. The van der Waals surface area contributed by atoms with Gasteiger partial charge >= 0.3 is 0 Å². The van der Waals surface area contributed by atoms with Gasteiger partial charge in [0.2, 0.25) is 0 Å². The summed E-state index contributed by atoms with van der Waals surface area (Å²) in [5.74, 6) is 0. The third-order valence-corrected chi connectivity index (χ3v) is 14.5. The topological polar surface area (TPSA) is 34.0 Å². The number of fused-ring (bicyclic) bond motifs is 7. The van der Waals surface area contributed by atoms with Crippen molar-refractivity contribution in [3.8, 4) is 50.2 Å². The predicted octanol–water partition coefficient (Wildman–Crippen LogP) is 18.3. The zero-order valence-electron chi connectivity index (χ0n) is 39.2. The van der Waals surface area contributed by atoms with Crippen LogP contribution in [-0.2, 0) is 0 Å². The molecule has 4 heteroatoms. The van der Waals surface area contributed by atoms with Crippen molar-refractivity contribution in [2.24, 2.45) is 0 Å². The molecule has 0 N–H and O–H groups in total. The number of hydrogen-bond donors (Lipinski definition) is 0. The van der Waals surface area contributed by atoms with E-state index in [-0.39, 0.29) is 0 Å². The van der Waals surface area contributed by atoms with Gasteiger partial charge in [0.1, 0.15) is 0 Å². The summed E-state index contributed by atoms with van der Waals surface area (Å²) < 4.78 is 2.38. The Bertz CT molecular complexity index is 4370. The number of aromatic nitrogens is 3. The number of rotatable bonds is 8. The van der Waals surface area contributed by atoms with Crippen molar-refractivity contribution < 1.29 is 0 Å². The lowest BCUT2D eigenvalue weighted by Gasteiger charge is -2.27. The van der Waals surface area contributed by atoms with E-state index in [0.29, 0.717) is 0 Å². The molecule has 14 aromatic rings. The maximum atomic E-state index is 4.34. The van der Waals surface area contributed by atoms with Crippen LogP contribution in [0.1, 0.15) is 0 Å². The SMILES string of the molecule is c1ccc(N(c2ccc3c(-c4ccc(-c5ccc6cnccc6c5)cc4)c4ccccc4c(-c4ccc(-c5ccc6cnccc6c5)cc4)c3c2)c2ccc3c(c2)c2ccccc2n3-c2ccccc2)cc1. The average molecular weight is 917 g/mol. The molecule has 11 aromatic carbocycles. The van der Waals surface area contributed by atoms with Crippen molar-refractivity contribution in [2.75, 3.05) is 4.90 Å². The second-order valence-electron chi connectivity index (χ2n) is 18.6. The summed E-state index contributed by atoms with van der Waals surface area (Å²) in [6, 6.07) is 88.9. The predicted molar refractivity (Wildman–Crippen MR) is 303 cm³/mol. The summed E-state index contributed by atoms with van der Waals surface area (Å²) in [6.07, 6.45) is 7.58. The molecule has 3 aromatic heterocycles. The maximum absolute atomic E-state index is 4.34. The summed E-state index contributed by atoms with van der Waals surface area (Å²) in [7, 11) is 0. The van der Waals surface area contributed by atoms with E-state index in [0.717, 1.165) is 39.1 Å². The Hall–Kier alpha value is -9.64. The molecular weight excluding hydrogens is 873 g/mol. The van der Waals surface area contributed by atoms with Gasteiger partial charge in [0, 0.05) is 69.1 Å². The third kappa shape index (κ3) is 7.00. The first-order valence-electron chi connectivity index (χ1n) is 24.5. The van der Waals surface area contributed by atoms with Gasteiger partial charge in [0.15, 0.2) is 0 Å². The van der Waals surface area contributed by atoms with Crippen molar-refractivity contribution in [2.45, 2.75) is 0 Å². The Labute approximate surface area is 417 Å². The highest BCUT2D eigenvalue weighted by atomic mass is 15.1. The minimum absolute atomic E-state index is 1.08. The first kappa shape index (κ1) is 41.3. The summed E-state index contributed by atoms with van der Waals surface area (Å²) in [4.78, 5) is 11.1. The molecule has 0 saturated carbocycles. The van der Waals surface area contributed by atoms with Crippen molar-refractivity contribution in [1.82, 2.24) is 14.5 Å². The van der Waals surface area contributed by atoms with Crippen LogP contribution < -0.4 is 4.90 Å². The van der Waals surface area contributed by atoms with Crippen LogP contribution >= 0.6 is 0 Å². The second-order valence-corrected chi connectivity index (χ2v) is 18.6. The number of para-hydroxylation sites is 3. The second kappa shape index (κ2) is 17.1. The van der Waals surface area contributed by atoms with Crippen LogP contribution in [0.3, 0.4) is 0 Å². The molecule has 0 fully saturated rings. The lowest BCUT2D eigenvalue weighted by atomic mass is 9.85. The maximum Gasteiger partial charge on any atom is 0.0542 e. The minimum atomic E-state index is 1.08. The fourth-order valence-electron chi connectivity index (χ4n) is 11.1. The Balaban J connectivity index is 0.980. The van der Waals surface area contributed by atoms with E-state index >= 15 is 0 Å². The van der Waals surface area contributed by atoms with E-state index in [1.807, 2.05) is 24.8 Å². The Kier molecular flexibility index (Phi) is 9.82. The van der Waals surface area contributed by atoms with Crippen molar-refractivity contribution in [3.63, 3.8) is 0 Å². The van der Waals surface area contributed by atoms with E-state index in [1.54, 1.807) is 0 Å². The van der Waals surface area contributed by atoms with Gasteiger partial charge in [-0.2, -0.15) is 0 Å². The molecule has 0 bridgehead atoms. The molecule has 0 radical (unpaired) electrons. The molecule has 72 heavy (non-hydrogen) atoms. The number of hydrogen-bond acceptors (Lipinski definition) is 3. The van der Waals surface area contributed by atoms with Gasteiger partial charge in [-0.1, -0.05) is 158 Å². The van der Waals surface area contributed by atoms with Crippen molar-refractivity contribution in [1.29, 1.82) is 0 Å². The van der Waals surface area contributed by atoms with Gasteiger partial charge in [-0.15, -0.1) is 0 Å². The molecule has 3 heterocycles. The highest BCUT2D eigenvalue weighted by Crippen LogP contribution is 2.48. The first-order chi connectivity index (χ1) is 35.7. The molecule has 0 aliphatic carbocycles. The van der Waals surface area contributed by atoms with E-state index in [9.17, 15) is 0 Å². The molecule has 0 aliphatic heterocycles. The van der Waals surface area contributed by atoms with Crippen LogP contribution in [-0.4, -0.2) is 14.5 Å². The van der Waals surface area contributed by atoms with Gasteiger partial charge < -0.3 is 9.47 Å². The minimum Gasteiger partial charge on any atom is -0.310 e. The highest BCUT2D eigenvalue weighted by molar-refractivity contribution is 6.22. The molecule has 0 aliphatic rings. The summed E-state index contributed by atoms with van der Waals surface area (Å²) >= 11 is 0. The van der Waals surface area contributed by atoms with Gasteiger partial charge in [-0.05, 0) is 162 Å². The normalized spacial score (nSPS) is 11.6. The zero-order valence-corrected chi connectivity index (χ0v) is 39.2. The average Bonchev–Trinajstić information content (AvgIpc) is 3.78. The third-order valence-electron chi connectivity index (χ3n) is 14.5. The van der Waals surface area contributed by atoms with Gasteiger partial charge in [-0.3, -0.25) is 9.97 Å². The molecule has 0 amide bonds. The van der Waals surface area contributed by atoms with Crippen molar-refractivity contribution >= 4 is 82.0 Å². The lowest BCUT2D eigenvalue weighted by molar-refractivity contribution is 1.18. The summed E-state index contributed by atoms with van der Waals surface area (Å²) in [6.45, 7) is 0.